The first-order chi connectivity index (χ1) is 12.8. The van der Waals surface area contributed by atoms with Crippen molar-refractivity contribution >= 4 is 33.7 Å². The zero-order valence-corrected chi connectivity index (χ0v) is 16.6. The summed E-state index contributed by atoms with van der Waals surface area (Å²) in [7, 11) is -3.82. The lowest BCUT2D eigenvalue weighted by molar-refractivity contribution is -0.134. The van der Waals surface area contributed by atoms with Gasteiger partial charge in [0.2, 0.25) is 15.9 Å². The van der Waals surface area contributed by atoms with E-state index in [-0.39, 0.29) is 37.0 Å². The fourth-order valence-corrected chi connectivity index (χ4v) is 4.74. The van der Waals surface area contributed by atoms with Crippen molar-refractivity contribution in [1.82, 2.24) is 14.5 Å². The van der Waals surface area contributed by atoms with Gasteiger partial charge >= 0.3 is 6.03 Å². The van der Waals surface area contributed by atoms with Crippen molar-refractivity contribution in [1.29, 1.82) is 0 Å². The van der Waals surface area contributed by atoms with Crippen molar-refractivity contribution < 1.29 is 22.4 Å². The Labute approximate surface area is 162 Å². The average Bonchev–Trinajstić information content (AvgIpc) is 2.64. The van der Waals surface area contributed by atoms with E-state index in [9.17, 15) is 22.4 Å². The minimum atomic E-state index is -3.82. The zero-order valence-electron chi connectivity index (χ0n) is 14.9. The molecule has 1 aliphatic rings. The monoisotopic (exact) mass is 418 g/mol. The SMILES string of the molecule is CSCC[C@@H](NC(N)=O)C(=O)N1CCN(S(=O)(=O)c2cccc(F)c2)CC1. The van der Waals surface area contributed by atoms with Crippen molar-refractivity contribution in [3.05, 3.63) is 30.1 Å². The summed E-state index contributed by atoms with van der Waals surface area (Å²) < 4.78 is 39.8. The quantitative estimate of drug-likeness (QED) is 0.668. The Hall–Kier alpha value is -1.85. The van der Waals surface area contributed by atoms with Gasteiger partial charge in [-0.2, -0.15) is 16.1 Å². The molecule has 0 spiro atoms. The fourth-order valence-electron chi connectivity index (χ4n) is 2.81. The number of urea groups is 1. The third kappa shape index (κ3) is 5.56. The van der Waals surface area contributed by atoms with Crippen molar-refractivity contribution in [2.45, 2.75) is 17.4 Å². The summed E-state index contributed by atoms with van der Waals surface area (Å²) in [5.74, 6) is -0.241. The predicted molar refractivity (Wildman–Crippen MR) is 101 cm³/mol. The van der Waals surface area contributed by atoms with E-state index < -0.39 is 27.9 Å². The maximum Gasteiger partial charge on any atom is 0.312 e. The number of rotatable bonds is 7. The lowest BCUT2D eigenvalue weighted by Crippen LogP contribution is -2.56. The minimum Gasteiger partial charge on any atom is -0.352 e. The van der Waals surface area contributed by atoms with Crippen LogP contribution in [0.2, 0.25) is 0 Å². The number of thioether (sulfide) groups is 1. The van der Waals surface area contributed by atoms with Crippen molar-refractivity contribution in [2.24, 2.45) is 5.73 Å². The van der Waals surface area contributed by atoms with Gasteiger partial charge in [-0.05, 0) is 36.6 Å². The second-order valence-corrected chi connectivity index (χ2v) is 8.95. The topological polar surface area (TPSA) is 113 Å². The lowest BCUT2D eigenvalue weighted by atomic mass is 10.2. The van der Waals surface area contributed by atoms with Crippen LogP contribution in [0.4, 0.5) is 9.18 Å². The van der Waals surface area contributed by atoms with Gasteiger partial charge in [0.05, 0.1) is 4.90 Å². The highest BCUT2D eigenvalue weighted by atomic mass is 32.2. The number of sulfonamides is 1. The lowest BCUT2D eigenvalue weighted by Gasteiger charge is -2.35. The molecule has 0 unspecified atom stereocenters. The molecule has 150 valence electrons. The van der Waals surface area contributed by atoms with Crippen molar-refractivity contribution in [2.75, 3.05) is 38.2 Å². The van der Waals surface area contributed by atoms with E-state index in [2.05, 4.69) is 5.32 Å². The van der Waals surface area contributed by atoms with E-state index >= 15 is 0 Å². The number of nitrogens with zero attached hydrogens (tertiary/aromatic N) is 2. The van der Waals surface area contributed by atoms with E-state index in [0.717, 1.165) is 6.07 Å². The van der Waals surface area contributed by atoms with E-state index in [4.69, 9.17) is 5.73 Å². The molecule has 0 aromatic heterocycles. The normalized spacial score (nSPS) is 16.7. The first-order valence-corrected chi connectivity index (χ1v) is 11.2. The summed E-state index contributed by atoms with van der Waals surface area (Å²) in [4.78, 5) is 25.2. The Kier molecular flexibility index (Phi) is 7.45. The van der Waals surface area contributed by atoms with Crippen LogP contribution >= 0.6 is 11.8 Å². The van der Waals surface area contributed by atoms with Gasteiger partial charge in [-0.15, -0.1) is 0 Å². The number of primary amides is 1. The molecule has 3 N–H and O–H groups in total. The zero-order chi connectivity index (χ0) is 20.0. The van der Waals surface area contributed by atoms with Gasteiger partial charge in [-0.3, -0.25) is 4.79 Å². The molecule has 11 heteroatoms. The highest BCUT2D eigenvalue weighted by Gasteiger charge is 2.32. The summed E-state index contributed by atoms with van der Waals surface area (Å²) in [6, 6.07) is 3.32. The molecule has 1 saturated heterocycles. The van der Waals surface area contributed by atoms with Crippen LogP contribution < -0.4 is 11.1 Å². The molecule has 1 aliphatic heterocycles. The second kappa shape index (κ2) is 9.38. The highest BCUT2D eigenvalue weighted by Crippen LogP contribution is 2.19. The Bertz CT molecular complexity index is 782. The molecule has 3 amide bonds. The number of halogens is 1. The van der Waals surface area contributed by atoms with Gasteiger partial charge < -0.3 is 16.0 Å². The van der Waals surface area contributed by atoms with Gasteiger partial charge in [0.15, 0.2) is 0 Å². The largest absolute Gasteiger partial charge is 0.352 e. The molecule has 1 aromatic rings. The van der Waals surface area contributed by atoms with Crippen LogP contribution in [0.1, 0.15) is 6.42 Å². The average molecular weight is 419 g/mol. The summed E-state index contributed by atoms with van der Waals surface area (Å²) in [6.07, 6.45) is 2.33. The van der Waals surface area contributed by atoms with E-state index in [0.29, 0.717) is 12.2 Å². The van der Waals surface area contributed by atoms with E-state index in [1.807, 2.05) is 6.26 Å². The first-order valence-electron chi connectivity index (χ1n) is 8.35. The summed E-state index contributed by atoms with van der Waals surface area (Å²) >= 11 is 1.54. The molecule has 1 aromatic carbocycles. The molecule has 0 bridgehead atoms. The van der Waals surface area contributed by atoms with Crippen LogP contribution in [0.15, 0.2) is 29.2 Å². The van der Waals surface area contributed by atoms with Crippen LogP contribution in [0.5, 0.6) is 0 Å². The van der Waals surface area contributed by atoms with Crippen LogP contribution in [-0.4, -0.2) is 73.8 Å². The van der Waals surface area contributed by atoms with E-state index in [1.54, 1.807) is 11.8 Å². The number of nitrogens with two attached hydrogens (primary N) is 1. The molecule has 27 heavy (non-hydrogen) atoms. The molecule has 0 radical (unpaired) electrons. The summed E-state index contributed by atoms with van der Waals surface area (Å²) in [5, 5.41) is 2.45. The third-order valence-corrected chi connectivity index (χ3v) is 6.75. The number of hydrogen-bond acceptors (Lipinski definition) is 5. The number of carbonyl (C=O) groups is 2. The molecule has 1 atom stereocenters. The minimum absolute atomic E-state index is 0.0937. The molecule has 1 heterocycles. The Morgan fingerprint density at radius 2 is 1.96 bits per heavy atom. The summed E-state index contributed by atoms with van der Waals surface area (Å²) in [5.41, 5.74) is 5.14. The maximum absolute atomic E-state index is 13.3. The molecule has 1 fully saturated rings. The van der Waals surface area contributed by atoms with Crippen LogP contribution in [0, 0.1) is 5.82 Å². The number of hydrogen-bond donors (Lipinski definition) is 2. The smallest absolute Gasteiger partial charge is 0.312 e. The molecule has 0 aliphatic carbocycles. The van der Waals surface area contributed by atoms with Gasteiger partial charge in [0, 0.05) is 26.2 Å². The maximum atomic E-state index is 13.3. The van der Waals surface area contributed by atoms with Crippen LogP contribution in [-0.2, 0) is 14.8 Å². The Morgan fingerprint density at radius 1 is 1.30 bits per heavy atom. The predicted octanol–water partition coefficient (Wildman–Crippen LogP) is 0.449. The molecule has 2 rings (SSSR count). The molecule has 8 nitrogen and oxygen atoms in total. The van der Waals surface area contributed by atoms with Crippen molar-refractivity contribution in [3.63, 3.8) is 0 Å². The number of piperazine rings is 1. The Balaban J connectivity index is 2.02. The van der Waals surface area contributed by atoms with Crippen molar-refractivity contribution in [3.8, 4) is 0 Å². The number of amides is 3. The molecular formula is C16H23FN4O4S2. The number of benzene rings is 1. The number of nitrogens with one attached hydrogen (secondary N) is 1. The van der Waals surface area contributed by atoms with Gasteiger partial charge in [-0.25, -0.2) is 17.6 Å². The first kappa shape index (κ1) is 21.5. The standard InChI is InChI=1S/C16H23FN4O4S2/c1-26-10-5-14(19-16(18)23)15(22)20-6-8-21(9-7-20)27(24,25)13-4-2-3-12(17)11-13/h2-4,11,14H,5-10H2,1H3,(H3,18,19,23)/t14-/m1/s1. The Morgan fingerprint density at radius 3 is 2.52 bits per heavy atom. The third-order valence-electron chi connectivity index (χ3n) is 4.21. The number of carbonyl (C=O) groups excluding carboxylic acids is 2. The van der Waals surface area contributed by atoms with Gasteiger partial charge in [-0.1, -0.05) is 6.07 Å². The second-order valence-electron chi connectivity index (χ2n) is 6.03. The van der Waals surface area contributed by atoms with Gasteiger partial charge in [0.1, 0.15) is 11.9 Å². The fraction of sp³-hybridized carbons (Fsp3) is 0.500. The van der Waals surface area contributed by atoms with Crippen LogP contribution in [0.3, 0.4) is 0 Å². The highest BCUT2D eigenvalue weighted by molar-refractivity contribution is 7.98. The van der Waals surface area contributed by atoms with E-state index in [1.165, 1.54) is 27.4 Å². The molecular weight excluding hydrogens is 395 g/mol. The van der Waals surface area contributed by atoms with Crippen LogP contribution in [0.25, 0.3) is 0 Å². The summed E-state index contributed by atoms with van der Waals surface area (Å²) in [6.45, 7) is 0.556. The molecule has 0 saturated carbocycles. The van der Waals surface area contributed by atoms with Gasteiger partial charge in [0.25, 0.3) is 0 Å².